The Balaban J connectivity index is 1.77. The zero-order valence-corrected chi connectivity index (χ0v) is 19.6. The fourth-order valence-corrected chi connectivity index (χ4v) is 6.32. The van der Waals surface area contributed by atoms with E-state index in [-0.39, 0.29) is 36.8 Å². The lowest BCUT2D eigenvalue weighted by Crippen LogP contribution is -2.44. The minimum atomic E-state index is -1.31. The SMILES string of the molecule is CCOC(=O)C1(C(=O)OCC)C[C@@H]2C[C@H](C(=O)c3ccccc3)[C@@](C)(c3ccccc3)[C@@H]2C1. The summed E-state index contributed by atoms with van der Waals surface area (Å²) in [6.07, 6.45) is 1.32. The fourth-order valence-electron chi connectivity index (χ4n) is 6.32. The third-order valence-corrected chi connectivity index (χ3v) is 7.88. The van der Waals surface area contributed by atoms with Crippen LogP contribution in [-0.4, -0.2) is 30.9 Å². The second-order valence-electron chi connectivity index (χ2n) is 9.47. The lowest BCUT2D eigenvalue weighted by Gasteiger charge is -2.38. The average molecular weight is 449 g/mol. The van der Waals surface area contributed by atoms with Crippen molar-refractivity contribution in [1.29, 1.82) is 0 Å². The zero-order chi connectivity index (χ0) is 23.6. The Labute approximate surface area is 195 Å². The Hall–Kier alpha value is -2.95. The summed E-state index contributed by atoms with van der Waals surface area (Å²) >= 11 is 0. The number of rotatable bonds is 7. The van der Waals surface area contributed by atoms with Crippen LogP contribution >= 0.6 is 0 Å². The lowest BCUT2D eigenvalue weighted by molar-refractivity contribution is -0.172. The van der Waals surface area contributed by atoms with Gasteiger partial charge in [-0.3, -0.25) is 14.4 Å². The van der Waals surface area contributed by atoms with Crippen molar-refractivity contribution >= 4 is 17.7 Å². The van der Waals surface area contributed by atoms with Crippen LogP contribution < -0.4 is 0 Å². The predicted molar refractivity (Wildman–Crippen MR) is 125 cm³/mol. The summed E-state index contributed by atoms with van der Waals surface area (Å²) in [5, 5.41) is 0. The number of benzene rings is 2. The van der Waals surface area contributed by atoms with Crippen LogP contribution in [0, 0.1) is 23.2 Å². The molecule has 4 atom stereocenters. The number of carbonyl (C=O) groups is 3. The van der Waals surface area contributed by atoms with Gasteiger partial charge in [0.2, 0.25) is 0 Å². The quantitative estimate of drug-likeness (QED) is 0.339. The van der Waals surface area contributed by atoms with E-state index >= 15 is 0 Å². The van der Waals surface area contributed by atoms with Crippen molar-refractivity contribution < 1.29 is 23.9 Å². The summed E-state index contributed by atoms with van der Waals surface area (Å²) < 4.78 is 10.7. The van der Waals surface area contributed by atoms with E-state index < -0.39 is 22.8 Å². The molecular formula is C28H32O5. The van der Waals surface area contributed by atoms with Gasteiger partial charge in [0, 0.05) is 16.9 Å². The van der Waals surface area contributed by atoms with Gasteiger partial charge in [-0.1, -0.05) is 67.6 Å². The molecule has 33 heavy (non-hydrogen) atoms. The van der Waals surface area contributed by atoms with Crippen molar-refractivity contribution in [2.45, 2.75) is 45.4 Å². The molecule has 0 aromatic heterocycles. The van der Waals surface area contributed by atoms with E-state index in [1.165, 1.54) is 0 Å². The van der Waals surface area contributed by atoms with Gasteiger partial charge in [0.25, 0.3) is 0 Å². The van der Waals surface area contributed by atoms with E-state index in [2.05, 4.69) is 19.1 Å². The molecule has 2 fully saturated rings. The van der Waals surface area contributed by atoms with Gasteiger partial charge in [0.15, 0.2) is 11.2 Å². The van der Waals surface area contributed by atoms with E-state index in [1.54, 1.807) is 13.8 Å². The number of hydrogen-bond acceptors (Lipinski definition) is 5. The summed E-state index contributed by atoms with van der Waals surface area (Å²) in [6, 6.07) is 19.4. The van der Waals surface area contributed by atoms with Crippen molar-refractivity contribution in [3.63, 3.8) is 0 Å². The highest BCUT2D eigenvalue weighted by Gasteiger charge is 2.66. The van der Waals surface area contributed by atoms with Gasteiger partial charge in [-0.05, 0) is 50.5 Å². The first-order chi connectivity index (χ1) is 15.9. The van der Waals surface area contributed by atoms with E-state index in [0.717, 1.165) is 5.56 Å². The Kier molecular flexibility index (Phi) is 6.42. The number of carbonyl (C=O) groups excluding carboxylic acids is 3. The Morgan fingerprint density at radius 1 is 0.848 bits per heavy atom. The average Bonchev–Trinajstić information content (AvgIpc) is 3.36. The molecule has 2 aliphatic rings. The normalized spacial score (nSPS) is 27.5. The number of esters is 2. The maximum absolute atomic E-state index is 13.7. The minimum absolute atomic E-state index is 0.0219. The van der Waals surface area contributed by atoms with Crippen LogP contribution in [0.4, 0.5) is 0 Å². The maximum Gasteiger partial charge on any atom is 0.323 e. The first-order valence-corrected chi connectivity index (χ1v) is 11.9. The summed E-state index contributed by atoms with van der Waals surface area (Å²) in [4.78, 5) is 39.9. The molecule has 0 heterocycles. The molecule has 0 amide bonds. The van der Waals surface area contributed by atoms with Gasteiger partial charge in [-0.2, -0.15) is 0 Å². The van der Waals surface area contributed by atoms with Gasteiger partial charge < -0.3 is 9.47 Å². The number of fused-ring (bicyclic) bond motifs is 1. The molecule has 0 bridgehead atoms. The second kappa shape index (κ2) is 9.12. The summed E-state index contributed by atoms with van der Waals surface area (Å²) in [5.74, 6) is -1.10. The Bertz CT molecular complexity index is 997. The van der Waals surface area contributed by atoms with E-state index in [0.29, 0.717) is 24.8 Å². The number of ketones is 1. The topological polar surface area (TPSA) is 69.7 Å². The van der Waals surface area contributed by atoms with Crippen molar-refractivity contribution in [3.05, 3.63) is 71.8 Å². The molecule has 2 aromatic carbocycles. The molecule has 0 spiro atoms. The molecule has 174 valence electrons. The molecule has 2 aliphatic carbocycles. The van der Waals surface area contributed by atoms with Crippen molar-refractivity contribution in [2.24, 2.45) is 23.2 Å². The predicted octanol–water partition coefficient (Wildman–Crippen LogP) is 4.99. The van der Waals surface area contributed by atoms with Gasteiger partial charge in [0.05, 0.1) is 13.2 Å². The van der Waals surface area contributed by atoms with Crippen LogP contribution in [0.5, 0.6) is 0 Å². The molecule has 0 unspecified atom stereocenters. The molecule has 0 aliphatic heterocycles. The zero-order valence-electron chi connectivity index (χ0n) is 19.6. The van der Waals surface area contributed by atoms with Crippen LogP contribution in [0.25, 0.3) is 0 Å². The Morgan fingerprint density at radius 2 is 1.39 bits per heavy atom. The van der Waals surface area contributed by atoms with E-state index in [4.69, 9.17) is 9.47 Å². The van der Waals surface area contributed by atoms with Crippen LogP contribution in [0.2, 0.25) is 0 Å². The van der Waals surface area contributed by atoms with Crippen LogP contribution in [0.1, 0.15) is 56.0 Å². The van der Waals surface area contributed by atoms with E-state index in [9.17, 15) is 14.4 Å². The fraction of sp³-hybridized carbons (Fsp3) is 0.464. The first-order valence-electron chi connectivity index (χ1n) is 11.9. The standard InChI is InChI=1S/C28H32O5/c1-4-32-25(30)28(26(31)33-5-2)17-20-16-22(24(29)19-12-8-6-9-13-19)27(3,23(20)18-28)21-14-10-7-11-15-21/h6-15,20,22-23H,4-5,16-18H2,1-3H3/t20-,22+,23+,27+/m0/s1. The minimum Gasteiger partial charge on any atom is -0.465 e. The molecule has 0 radical (unpaired) electrons. The summed E-state index contributed by atoms with van der Waals surface area (Å²) in [6.45, 7) is 6.04. The first kappa shape index (κ1) is 23.2. The summed E-state index contributed by atoms with van der Waals surface area (Å²) in [5.41, 5.74) is -0.0560. The highest BCUT2D eigenvalue weighted by atomic mass is 16.6. The molecule has 5 heteroatoms. The third kappa shape index (κ3) is 3.77. The van der Waals surface area contributed by atoms with Gasteiger partial charge in [-0.15, -0.1) is 0 Å². The number of hydrogen-bond donors (Lipinski definition) is 0. The van der Waals surface area contributed by atoms with Gasteiger partial charge in [0.1, 0.15) is 0 Å². The molecular weight excluding hydrogens is 416 g/mol. The van der Waals surface area contributed by atoms with Crippen molar-refractivity contribution in [2.75, 3.05) is 13.2 Å². The van der Waals surface area contributed by atoms with Crippen LogP contribution in [0.15, 0.2) is 60.7 Å². The van der Waals surface area contributed by atoms with E-state index in [1.807, 2.05) is 48.5 Å². The smallest absolute Gasteiger partial charge is 0.323 e. The second-order valence-corrected chi connectivity index (χ2v) is 9.47. The van der Waals surface area contributed by atoms with Gasteiger partial charge in [-0.25, -0.2) is 0 Å². The van der Waals surface area contributed by atoms with Crippen molar-refractivity contribution in [3.8, 4) is 0 Å². The molecule has 2 saturated carbocycles. The third-order valence-electron chi connectivity index (χ3n) is 7.88. The molecule has 2 aromatic rings. The highest BCUT2D eigenvalue weighted by molar-refractivity contribution is 6.01. The number of Topliss-reactive ketones (excluding diaryl/α,β-unsaturated/α-hetero) is 1. The molecule has 0 saturated heterocycles. The molecule has 0 N–H and O–H groups in total. The van der Waals surface area contributed by atoms with Crippen LogP contribution in [-0.2, 0) is 24.5 Å². The molecule has 4 rings (SSSR count). The van der Waals surface area contributed by atoms with Gasteiger partial charge >= 0.3 is 11.9 Å². The van der Waals surface area contributed by atoms with Crippen molar-refractivity contribution in [1.82, 2.24) is 0 Å². The largest absolute Gasteiger partial charge is 0.465 e. The Morgan fingerprint density at radius 3 is 1.94 bits per heavy atom. The maximum atomic E-state index is 13.7. The highest BCUT2D eigenvalue weighted by Crippen LogP contribution is 2.64. The molecule has 5 nitrogen and oxygen atoms in total. The lowest BCUT2D eigenvalue weighted by atomic mass is 9.64. The number of ether oxygens (including phenoxy) is 2. The monoisotopic (exact) mass is 448 g/mol. The summed E-state index contributed by atoms with van der Waals surface area (Å²) in [7, 11) is 0. The van der Waals surface area contributed by atoms with Crippen LogP contribution in [0.3, 0.4) is 0 Å².